The normalized spacial score (nSPS) is 19.3. The summed E-state index contributed by atoms with van der Waals surface area (Å²) >= 11 is 0. The van der Waals surface area contributed by atoms with Gasteiger partial charge in [0.05, 0.1) is 6.04 Å². The van der Waals surface area contributed by atoms with Gasteiger partial charge in [0.15, 0.2) is 0 Å². The van der Waals surface area contributed by atoms with Crippen LogP contribution in [0.25, 0.3) is 0 Å². The molecular formula is C15H25N3O. The lowest BCUT2D eigenvalue weighted by molar-refractivity contribution is 0.0854. The number of rotatable bonds is 5. The summed E-state index contributed by atoms with van der Waals surface area (Å²) in [6.07, 6.45) is 0. The SMILES string of the molecule is Cc1ccccc1OCC(CN)N1CCN(C)CC1. The Bertz CT molecular complexity index is 389. The molecule has 0 aliphatic carbocycles. The van der Waals surface area contributed by atoms with Gasteiger partial charge in [-0.3, -0.25) is 4.90 Å². The van der Waals surface area contributed by atoms with E-state index < -0.39 is 0 Å². The van der Waals surface area contributed by atoms with Crippen molar-refractivity contribution in [3.63, 3.8) is 0 Å². The van der Waals surface area contributed by atoms with Crippen LogP contribution in [0.1, 0.15) is 5.56 Å². The van der Waals surface area contributed by atoms with Gasteiger partial charge in [0.2, 0.25) is 0 Å². The van der Waals surface area contributed by atoms with Crippen molar-refractivity contribution in [3.05, 3.63) is 29.8 Å². The van der Waals surface area contributed by atoms with Crippen LogP contribution in [0.2, 0.25) is 0 Å². The van der Waals surface area contributed by atoms with Crippen LogP contribution in [0.15, 0.2) is 24.3 Å². The highest BCUT2D eigenvalue weighted by molar-refractivity contribution is 5.31. The van der Waals surface area contributed by atoms with E-state index in [2.05, 4.69) is 29.8 Å². The highest BCUT2D eigenvalue weighted by atomic mass is 16.5. The van der Waals surface area contributed by atoms with Crippen molar-refractivity contribution in [2.24, 2.45) is 5.73 Å². The Balaban J connectivity index is 1.87. The number of benzene rings is 1. The molecule has 0 radical (unpaired) electrons. The molecule has 2 N–H and O–H groups in total. The monoisotopic (exact) mass is 263 g/mol. The largest absolute Gasteiger partial charge is 0.492 e. The minimum atomic E-state index is 0.313. The van der Waals surface area contributed by atoms with Crippen LogP contribution in [-0.4, -0.2) is 62.2 Å². The molecule has 1 aliphatic rings. The number of hydrogen-bond donors (Lipinski definition) is 1. The predicted octanol–water partition coefficient (Wildman–Crippen LogP) is 0.949. The van der Waals surface area contributed by atoms with Gasteiger partial charge in [0.1, 0.15) is 12.4 Å². The molecule has 1 unspecified atom stereocenters. The van der Waals surface area contributed by atoms with Crippen LogP contribution >= 0.6 is 0 Å². The average Bonchev–Trinajstić information content (AvgIpc) is 2.43. The summed E-state index contributed by atoms with van der Waals surface area (Å²) in [5.41, 5.74) is 7.08. The molecule has 0 saturated carbocycles. The zero-order valence-corrected chi connectivity index (χ0v) is 12.0. The molecule has 1 aromatic carbocycles. The van der Waals surface area contributed by atoms with Gasteiger partial charge in [-0.05, 0) is 25.6 Å². The van der Waals surface area contributed by atoms with Gasteiger partial charge >= 0.3 is 0 Å². The predicted molar refractivity (Wildman–Crippen MR) is 78.6 cm³/mol. The number of nitrogens with two attached hydrogens (primary N) is 1. The second-order valence-electron chi connectivity index (χ2n) is 5.31. The molecule has 0 aromatic heterocycles. The van der Waals surface area contributed by atoms with Gasteiger partial charge < -0.3 is 15.4 Å². The third kappa shape index (κ3) is 3.93. The zero-order chi connectivity index (χ0) is 13.7. The smallest absolute Gasteiger partial charge is 0.122 e. The third-order valence-corrected chi connectivity index (χ3v) is 3.85. The summed E-state index contributed by atoms with van der Waals surface area (Å²) in [6.45, 7) is 7.77. The fourth-order valence-corrected chi connectivity index (χ4v) is 2.41. The molecular weight excluding hydrogens is 238 g/mol. The van der Waals surface area contributed by atoms with Gasteiger partial charge in [-0.2, -0.15) is 0 Å². The number of ether oxygens (including phenoxy) is 1. The average molecular weight is 263 g/mol. The number of para-hydroxylation sites is 1. The number of aryl methyl sites for hydroxylation is 1. The lowest BCUT2D eigenvalue weighted by Crippen LogP contribution is -2.53. The quantitative estimate of drug-likeness (QED) is 0.859. The molecule has 1 saturated heterocycles. The van der Waals surface area contributed by atoms with E-state index in [1.165, 1.54) is 5.56 Å². The summed E-state index contributed by atoms with van der Waals surface area (Å²) in [6, 6.07) is 8.45. The standard InChI is InChI=1S/C15H25N3O/c1-13-5-3-4-6-15(13)19-12-14(11-16)18-9-7-17(2)8-10-18/h3-6,14H,7-12,16H2,1-2H3. The molecule has 4 nitrogen and oxygen atoms in total. The maximum atomic E-state index is 5.93. The van der Waals surface area contributed by atoms with E-state index in [9.17, 15) is 0 Å². The molecule has 0 bridgehead atoms. The van der Waals surface area contributed by atoms with E-state index in [1.54, 1.807) is 0 Å². The maximum absolute atomic E-state index is 5.93. The van der Waals surface area contributed by atoms with Crippen molar-refractivity contribution in [3.8, 4) is 5.75 Å². The highest BCUT2D eigenvalue weighted by Gasteiger charge is 2.21. The van der Waals surface area contributed by atoms with Crippen molar-refractivity contribution >= 4 is 0 Å². The summed E-state index contributed by atoms with van der Waals surface area (Å²) < 4.78 is 5.93. The Kier molecular flexibility index (Phi) is 5.19. The number of likely N-dealkylation sites (N-methyl/N-ethyl adjacent to an activating group) is 1. The number of nitrogens with zero attached hydrogens (tertiary/aromatic N) is 2. The van der Waals surface area contributed by atoms with Crippen molar-refractivity contribution in [2.45, 2.75) is 13.0 Å². The van der Waals surface area contributed by atoms with Crippen LogP contribution in [0.3, 0.4) is 0 Å². The van der Waals surface area contributed by atoms with E-state index in [0.717, 1.165) is 31.9 Å². The van der Waals surface area contributed by atoms with Crippen LogP contribution in [0.4, 0.5) is 0 Å². The van der Waals surface area contributed by atoms with E-state index in [1.807, 2.05) is 18.2 Å². The minimum absolute atomic E-state index is 0.313. The molecule has 1 atom stereocenters. The second kappa shape index (κ2) is 6.89. The molecule has 1 heterocycles. The molecule has 19 heavy (non-hydrogen) atoms. The lowest BCUT2D eigenvalue weighted by Gasteiger charge is -2.37. The summed E-state index contributed by atoms with van der Waals surface area (Å²) in [5, 5.41) is 0. The van der Waals surface area contributed by atoms with Crippen LogP contribution in [0.5, 0.6) is 5.75 Å². The zero-order valence-electron chi connectivity index (χ0n) is 12.0. The van der Waals surface area contributed by atoms with Crippen LogP contribution in [-0.2, 0) is 0 Å². The molecule has 0 spiro atoms. The first-order valence-corrected chi connectivity index (χ1v) is 7.02. The van der Waals surface area contributed by atoms with Crippen LogP contribution < -0.4 is 10.5 Å². The third-order valence-electron chi connectivity index (χ3n) is 3.85. The second-order valence-corrected chi connectivity index (χ2v) is 5.31. The van der Waals surface area contributed by atoms with Crippen molar-refractivity contribution in [1.82, 2.24) is 9.80 Å². The minimum Gasteiger partial charge on any atom is -0.492 e. The number of piperazine rings is 1. The Labute approximate surface area is 116 Å². The van der Waals surface area contributed by atoms with Crippen molar-refractivity contribution < 1.29 is 4.74 Å². The highest BCUT2D eigenvalue weighted by Crippen LogP contribution is 2.17. The topological polar surface area (TPSA) is 41.7 Å². The van der Waals surface area contributed by atoms with E-state index in [4.69, 9.17) is 10.5 Å². The first-order chi connectivity index (χ1) is 9.20. The summed E-state index contributed by atoms with van der Waals surface area (Å²) in [5.74, 6) is 0.968. The van der Waals surface area contributed by atoms with E-state index in [-0.39, 0.29) is 0 Å². The fraction of sp³-hybridized carbons (Fsp3) is 0.600. The Morgan fingerprint density at radius 3 is 2.53 bits per heavy atom. The first kappa shape index (κ1) is 14.3. The molecule has 106 valence electrons. The molecule has 1 aromatic rings. The molecule has 0 amide bonds. The van der Waals surface area contributed by atoms with Crippen LogP contribution in [0, 0.1) is 6.92 Å². The van der Waals surface area contributed by atoms with Gasteiger partial charge in [-0.1, -0.05) is 18.2 Å². The Hall–Kier alpha value is -1.10. The number of hydrogen-bond acceptors (Lipinski definition) is 4. The molecule has 1 aliphatic heterocycles. The van der Waals surface area contributed by atoms with Crippen molar-refractivity contribution in [1.29, 1.82) is 0 Å². The summed E-state index contributed by atoms with van der Waals surface area (Å²) in [7, 11) is 2.17. The van der Waals surface area contributed by atoms with Gasteiger partial charge in [0, 0.05) is 32.7 Å². The molecule has 2 rings (SSSR count). The molecule has 4 heteroatoms. The van der Waals surface area contributed by atoms with Crippen molar-refractivity contribution in [2.75, 3.05) is 46.4 Å². The van der Waals surface area contributed by atoms with Gasteiger partial charge in [-0.15, -0.1) is 0 Å². The van der Waals surface area contributed by atoms with Gasteiger partial charge in [-0.25, -0.2) is 0 Å². The fourth-order valence-electron chi connectivity index (χ4n) is 2.41. The Morgan fingerprint density at radius 2 is 1.89 bits per heavy atom. The lowest BCUT2D eigenvalue weighted by atomic mass is 10.2. The van der Waals surface area contributed by atoms with Gasteiger partial charge in [0.25, 0.3) is 0 Å². The first-order valence-electron chi connectivity index (χ1n) is 7.02. The maximum Gasteiger partial charge on any atom is 0.122 e. The molecule has 1 fully saturated rings. The van der Waals surface area contributed by atoms with E-state index >= 15 is 0 Å². The Morgan fingerprint density at radius 1 is 1.21 bits per heavy atom. The van der Waals surface area contributed by atoms with E-state index in [0.29, 0.717) is 19.2 Å². The summed E-state index contributed by atoms with van der Waals surface area (Å²) in [4.78, 5) is 4.80.